The molecule has 0 amide bonds. The molecule has 0 saturated heterocycles. The number of halogens is 1. The maximum absolute atomic E-state index is 5.60. The standard InChI is InChI=1S/C11H15IN2/c12-10-4-2-1-3-9(10)11(14-13)7-8-5-6-8/h1-4,8,11,14H,5-7,13H2. The molecule has 1 aromatic rings. The molecule has 0 spiro atoms. The van der Waals surface area contributed by atoms with E-state index in [9.17, 15) is 0 Å². The fourth-order valence-corrected chi connectivity index (χ4v) is 2.49. The molecule has 3 heteroatoms. The second-order valence-corrected chi connectivity index (χ2v) is 5.08. The van der Waals surface area contributed by atoms with Gasteiger partial charge in [0.15, 0.2) is 0 Å². The van der Waals surface area contributed by atoms with Gasteiger partial charge in [-0.05, 0) is 46.6 Å². The maximum Gasteiger partial charge on any atom is 0.0473 e. The van der Waals surface area contributed by atoms with Crippen LogP contribution in [0.5, 0.6) is 0 Å². The van der Waals surface area contributed by atoms with Crippen LogP contribution in [0.1, 0.15) is 30.9 Å². The molecule has 1 saturated carbocycles. The van der Waals surface area contributed by atoms with E-state index in [1.165, 1.54) is 28.4 Å². The van der Waals surface area contributed by atoms with Crippen LogP contribution < -0.4 is 11.3 Å². The SMILES string of the molecule is NNC(CC1CC1)c1ccccc1I. The lowest BCUT2D eigenvalue weighted by Crippen LogP contribution is -2.28. The minimum absolute atomic E-state index is 0.329. The van der Waals surface area contributed by atoms with Crippen molar-refractivity contribution in [3.63, 3.8) is 0 Å². The summed E-state index contributed by atoms with van der Waals surface area (Å²) in [6.45, 7) is 0. The summed E-state index contributed by atoms with van der Waals surface area (Å²) in [5, 5.41) is 0. The number of rotatable bonds is 4. The first-order valence-electron chi connectivity index (χ1n) is 5.02. The Morgan fingerprint density at radius 1 is 1.43 bits per heavy atom. The van der Waals surface area contributed by atoms with Crippen molar-refractivity contribution in [2.75, 3.05) is 0 Å². The van der Waals surface area contributed by atoms with Gasteiger partial charge in [0.25, 0.3) is 0 Å². The van der Waals surface area contributed by atoms with Crippen molar-refractivity contribution in [2.24, 2.45) is 11.8 Å². The van der Waals surface area contributed by atoms with Crippen LogP contribution in [0.15, 0.2) is 24.3 Å². The quantitative estimate of drug-likeness (QED) is 0.510. The van der Waals surface area contributed by atoms with Gasteiger partial charge in [-0.3, -0.25) is 11.3 Å². The predicted octanol–water partition coefficient (Wildman–Crippen LogP) is 2.60. The normalized spacial score (nSPS) is 18.1. The highest BCUT2D eigenvalue weighted by molar-refractivity contribution is 14.1. The van der Waals surface area contributed by atoms with Crippen LogP contribution in [0.4, 0.5) is 0 Å². The summed E-state index contributed by atoms with van der Waals surface area (Å²) in [6, 6.07) is 8.77. The van der Waals surface area contributed by atoms with Crippen LogP contribution in [-0.2, 0) is 0 Å². The fraction of sp³-hybridized carbons (Fsp3) is 0.455. The first-order chi connectivity index (χ1) is 6.81. The Kier molecular flexibility index (Phi) is 3.41. The van der Waals surface area contributed by atoms with Crippen molar-refractivity contribution < 1.29 is 0 Å². The number of nitrogens with one attached hydrogen (secondary N) is 1. The lowest BCUT2D eigenvalue weighted by atomic mass is 10.0. The number of hydrogen-bond donors (Lipinski definition) is 2. The van der Waals surface area contributed by atoms with Gasteiger partial charge < -0.3 is 0 Å². The van der Waals surface area contributed by atoms with Gasteiger partial charge in [-0.2, -0.15) is 0 Å². The molecule has 0 aromatic heterocycles. The van der Waals surface area contributed by atoms with Crippen LogP contribution in [0, 0.1) is 9.49 Å². The Bertz CT molecular complexity index is 310. The third-order valence-corrected chi connectivity index (χ3v) is 3.73. The van der Waals surface area contributed by atoms with Gasteiger partial charge in [0.2, 0.25) is 0 Å². The van der Waals surface area contributed by atoms with E-state index in [2.05, 4.69) is 52.3 Å². The highest BCUT2D eigenvalue weighted by Gasteiger charge is 2.26. The smallest absolute Gasteiger partial charge is 0.0473 e. The maximum atomic E-state index is 5.60. The molecule has 3 N–H and O–H groups in total. The minimum atomic E-state index is 0.329. The molecule has 2 rings (SSSR count). The number of nitrogens with two attached hydrogens (primary N) is 1. The molecule has 1 aliphatic rings. The van der Waals surface area contributed by atoms with E-state index in [0.29, 0.717) is 6.04 Å². The van der Waals surface area contributed by atoms with E-state index < -0.39 is 0 Å². The van der Waals surface area contributed by atoms with Crippen molar-refractivity contribution in [2.45, 2.75) is 25.3 Å². The monoisotopic (exact) mass is 302 g/mol. The van der Waals surface area contributed by atoms with Gasteiger partial charge >= 0.3 is 0 Å². The topological polar surface area (TPSA) is 38.0 Å². The first-order valence-corrected chi connectivity index (χ1v) is 6.09. The van der Waals surface area contributed by atoms with Crippen LogP contribution >= 0.6 is 22.6 Å². The molecule has 1 fully saturated rings. The molecule has 0 bridgehead atoms. The molecule has 2 nitrogen and oxygen atoms in total. The van der Waals surface area contributed by atoms with Crippen molar-refractivity contribution >= 4 is 22.6 Å². The zero-order valence-corrected chi connectivity index (χ0v) is 10.2. The van der Waals surface area contributed by atoms with E-state index in [1.807, 2.05) is 0 Å². The zero-order chi connectivity index (χ0) is 9.97. The molecule has 1 aliphatic carbocycles. The third kappa shape index (κ3) is 2.46. The van der Waals surface area contributed by atoms with E-state index in [0.717, 1.165) is 5.92 Å². The second-order valence-electron chi connectivity index (χ2n) is 3.92. The highest BCUT2D eigenvalue weighted by atomic mass is 127. The summed E-state index contributed by atoms with van der Waals surface area (Å²) in [6.07, 6.45) is 3.93. The van der Waals surface area contributed by atoms with E-state index in [4.69, 9.17) is 5.84 Å². The molecule has 76 valence electrons. The lowest BCUT2D eigenvalue weighted by molar-refractivity contribution is 0.485. The van der Waals surface area contributed by atoms with E-state index >= 15 is 0 Å². The van der Waals surface area contributed by atoms with Gasteiger partial charge in [-0.1, -0.05) is 31.0 Å². The molecular formula is C11H15IN2. The Morgan fingerprint density at radius 2 is 2.14 bits per heavy atom. The van der Waals surface area contributed by atoms with Gasteiger partial charge in [0, 0.05) is 9.61 Å². The summed E-state index contributed by atoms with van der Waals surface area (Å²) in [4.78, 5) is 0. The average Bonchev–Trinajstić information content (AvgIpc) is 2.99. The second kappa shape index (κ2) is 4.59. The summed E-state index contributed by atoms with van der Waals surface area (Å²) in [7, 11) is 0. The van der Waals surface area contributed by atoms with Gasteiger partial charge in [0.05, 0.1) is 0 Å². The molecule has 1 atom stereocenters. The van der Waals surface area contributed by atoms with Crippen LogP contribution in [0.3, 0.4) is 0 Å². The number of hydrazine groups is 1. The van der Waals surface area contributed by atoms with Crippen molar-refractivity contribution in [3.05, 3.63) is 33.4 Å². The molecule has 1 unspecified atom stereocenters. The van der Waals surface area contributed by atoms with Gasteiger partial charge in [-0.25, -0.2) is 0 Å². The third-order valence-electron chi connectivity index (χ3n) is 2.75. The lowest BCUT2D eigenvalue weighted by Gasteiger charge is -2.17. The van der Waals surface area contributed by atoms with Crippen molar-refractivity contribution in [3.8, 4) is 0 Å². The van der Waals surface area contributed by atoms with Crippen LogP contribution in [0.25, 0.3) is 0 Å². The molecule has 0 heterocycles. The zero-order valence-electron chi connectivity index (χ0n) is 8.04. The molecule has 14 heavy (non-hydrogen) atoms. The molecule has 1 aromatic carbocycles. The largest absolute Gasteiger partial charge is 0.271 e. The summed E-state index contributed by atoms with van der Waals surface area (Å²) in [5.74, 6) is 6.49. The summed E-state index contributed by atoms with van der Waals surface area (Å²) >= 11 is 2.37. The molecule has 0 aliphatic heterocycles. The summed E-state index contributed by atoms with van der Waals surface area (Å²) < 4.78 is 1.30. The first kappa shape index (κ1) is 10.4. The number of benzene rings is 1. The van der Waals surface area contributed by atoms with Gasteiger partial charge in [-0.15, -0.1) is 0 Å². The van der Waals surface area contributed by atoms with E-state index in [1.54, 1.807) is 0 Å². The molecule has 0 radical (unpaired) electrons. The summed E-state index contributed by atoms with van der Waals surface area (Å²) in [5.41, 5.74) is 4.26. The predicted molar refractivity (Wildman–Crippen MR) is 66.6 cm³/mol. The fourth-order valence-electron chi connectivity index (χ4n) is 1.73. The van der Waals surface area contributed by atoms with Crippen molar-refractivity contribution in [1.82, 2.24) is 5.43 Å². The number of hydrogen-bond acceptors (Lipinski definition) is 2. The van der Waals surface area contributed by atoms with Crippen LogP contribution in [0.2, 0.25) is 0 Å². The average molecular weight is 302 g/mol. The highest BCUT2D eigenvalue weighted by Crippen LogP contribution is 2.38. The Labute approximate surface area is 98.4 Å². The van der Waals surface area contributed by atoms with Gasteiger partial charge in [0.1, 0.15) is 0 Å². The molecular weight excluding hydrogens is 287 g/mol. The van der Waals surface area contributed by atoms with E-state index in [-0.39, 0.29) is 0 Å². The minimum Gasteiger partial charge on any atom is -0.271 e. The van der Waals surface area contributed by atoms with Crippen LogP contribution in [-0.4, -0.2) is 0 Å². The Morgan fingerprint density at radius 3 is 2.71 bits per heavy atom. The van der Waals surface area contributed by atoms with Crippen molar-refractivity contribution in [1.29, 1.82) is 0 Å². The Hall–Kier alpha value is -0.130. The Balaban J connectivity index is 2.12.